The van der Waals surface area contributed by atoms with Gasteiger partial charge in [-0.2, -0.15) is 0 Å². The zero-order valence-electron chi connectivity index (χ0n) is 16.7. The van der Waals surface area contributed by atoms with E-state index in [4.69, 9.17) is 4.74 Å². The number of methoxy groups -OCH3 is 1. The maximum absolute atomic E-state index is 12.7. The number of nitrogens with one attached hydrogen (secondary N) is 4. The molecule has 2 aromatic carbocycles. The Balaban J connectivity index is 2.00. The summed E-state index contributed by atoms with van der Waals surface area (Å²) in [5, 5.41) is 10.8. The zero-order valence-corrected chi connectivity index (χ0v) is 16.7. The van der Waals surface area contributed by atoms with Gasteiger partial charge < -0.3 is 26.0 Å². The Kier molecular flexibility index (Phi) is 8.17. The van der Waals surface area contributed by atoms with Gasteiger partial charge >= 0.3 is 6.03 Å². The molecule has 0 saturated heterocycles. The molecule has 29 heavy (non-hydrogen) atoms. The van der Waals surface area contributed by atoms with Gasteiger partial charge in [0.05, 0.1) is 0 Å². The molecule has 0 heterocycles. The van der Waals surface area contributed by atoms with E-state index in [-0.39, 0.29) is 24.3 Å². The molecule has 154 valence electrons. The van der Waals surface area contributed by atoms with Gasteiger partial charge in [-0.1, -0.05) is 38.1 Å². The van der Waals surface area contributed by atoms with Crippen molar-refractivity contribution in [2.24, 2.45) is 5.92 Å². The van der Waals surface area contributed by atoms with Crippen molar-refractivity contribution in [2.45, 2.75) is 19.9 Å². The highest BCUT2D eigenvalue weighted by atomic mass is 16.5. The maximum Gasteiger partial charge on any atom is 0.319 e. The van der Waals surface area contributed by atoms with Crippen LogP contribution in [0.15, 0.2) is 54.6 Å². The highest BCUT2D eigenvalue weighted by Gasteiger charge is 2.24. The van der Waals surface area contributed by atoms with Crippen LogP contribution in [-0.2, 0) is 14.3 Å². The summed E-state index contributed by atoms with van der Waals surface area (Å²) in [6, 6.07) is 14.5. The van der Waals surface area contributed by atoms with Gasteiger partial charge in [-0.25, -0.2) is 4.79 Å². The average molecular weight is 398 g/mol. The number of carbonyl (C=O) groups is 3. The number of anilines is 3. The number of ether oxygens (including phenoxy) is 1. The van der Waals surface area contributed by atoms with Gasteiger partial charge in [0.15, 0.2) is 0 Å². The van der Waals surface area contributed by atoms with Crippen LogP contribution < -0.4 is 21.3 Å². The Morgan fingerprint density at radius 2 is 1.48 bits per heavy atom. The Morgan fingerprint density at radius 1 is 0.862 bits per heavy atom. The lowest BCUT2D eigenvalue weighted by atomic mass is 10.0. The molecular weight excluding hydrogens is 372 g/mol. The van der Waals surface area contributed by atoms with Crippen LogP contribution in [-0.4, -0.2) is 37.6 Å². The molecule has 8 nitrogen and oxygen atoms in total. The normalized spacial score (nSPS) is 11.4. The standard InChI is InChI=1S/C21H26N4O4/c1-14(2)19(25-21(28)24-15-8-5-4-6-9-15)20(27)23-17-11-7-10-16(12-17)22-18(26)13-29-3/h4-12,14,19H,13H2,1-3H3,(H,22,26)(H,23,27)(H2,24,25,28). The summed E-state index contributed by atoms with van der Waals surface area (Å²) >= 11 is 0. The molecule has 1 atom stereocenters. The van der Waals surface area contributed by atoms with Crippen molar-refractivity contribution < 1.29 is 19.1 Å². The van der Waals surface area contributed by atoms with Crippen molar-refractivity contribution in [3.8, 4) is 0 Å². The number of para-hydroxylation sites is 1. The van der Waals surface area contributed by atoms with E-state index in [0.717, 1.165) is 0 Å². The molecule has 0 aliphatic heterocycles. The van der Waals surface area contributed by atoms with Crippen LogP contribution in [0.1, 0.15) is 13.8 Å². The number of hydrogen-bond donors (Lipinski definition) is 4. The molecule has 4 amide bonds. The van der Waals surface area contributed by atoms with Gasteiger partial charge in [-0.05, 0) is 36.2 Å². The van der Waals surface area contributed by atoms with Gasteiger partial charge in [-0.15, -0.1) is 0 Å². The zero-order chi connectivity index (χ0) is 21.2. The van der Waals surface area contributed by atoms with Gasteiger partial charge in [0.2, 0.25) is 11.8 Å². The summed E-state index contributed by atoms with van der Waals surface area (Å²) in [6.07, 6.45) is 0. The molecule has 0 aliphatic rings. The first-order valence-corrected chi connectivity index (χ1v) is 9.21. The number of carbonyl (C=O) groups excluding carboxylic acids is 3. The number of rotatable bonds is 8. The van der Waals surface area contributed by atoms with Crippen LogP contribution >= 0.6 is 0 Å². The smallest absolute Gasteiger partial charge is 0.319 e. The van der Waals surface area contributed by atoms with Gasteiger partial charge in [0, 0.05) is 24.2 Å². The first-order valence-electron chi connectivity index (χ1n) is 9.21. The fraction of sp³-hybridized carbons (Fsp3) is 0.286. The summed E-state index contributed by atoms with van der Waals surface area (Å²) in [5.41, 5.74) is 1.66. The van der Waals surface area contributed by atoms with Crippen LogP contribution in [0, 0.1) is 5.92 Å². The number of amides is 4. The van der Waals surface area contributed by atoms with Crippen molar-refractivity contribution in [1.29, 1.82) is 0 Å². The third kappa shape index (κ3) is 7.27. The third-order valence-corrected chi connectivity index (χ3v) is 3.96. The predicted molar refractivity (Wildman–Crippen MR) is 113 cm³/mol. The summed E-state index contributed by atoms with van der Waals surface area (Å²) < 4.78 is 4.78. The average Bonchev–Trinajstić information content (AvgIpc) is 2.67. The molecule has 0 aromatic heterocycles. The molecule has 1 unspecified atom stereocenters. The SMILES string of the molecule is COCC(=O)Nc1cccc(NC(=O)C(NC(=O)Nc2ccccc2)C(C)C)c1. The minimum Gasteiger partial charge on any atom is -0.375 e. The number of benzene rings is 2. The predicted octanol–water partition coefficient (Wildman–Crippen LogP) is 3.06. The van der Waals surface area contributed by atoms with Crippen LogP contribution in [0.2, 0.25) is 0 Å². The minimum absolute atomic E-state index is 0.0630. The third-order valence-electron chi connectivity index (χ3n) is 3.96. The van der Waals surface area contributed by atoms with E-state index in [2.05, 4.69) is 21.3 Å². The van der Waals surface area contributed by atoms with Crippen LogP contribution in [0.5, 0.6) is 0 Å². The summed E-state index contributed by atoms with van der Waals surface area (Å²) in [5.74, 6) is -0.792. The van der Waals surface area contributed by atoms with E-state index < -0.39 is 12.1 Å². The summed E-state index contributed by atoms with van der Waals surface area (Å²) in [6.45, 7) is 3.62. The van der Waals surface area contributed by atoms with Crippen LogP contribution in [0.4, 0.5) is 21.9 Å². The Hall–Kier alpha value is -3.39. The molecule has 8 heteroatoms. The number of hydrogen-bond acceptors (Lipinski definition) is 4. The second-order valence-corrected chi connectivity index (χ2v) is 6.74. The van der Waals surface area contributed by atoms with E-state index in [1.807, 2.05) is 19.9 Å². The van der Waals surface area contributed by atoms with Gasteiger partial charge in [0.25, 0.3) is 0 Å². The Morgan fingerprint density at radius 3 is 2.10 bits per heavy atom. The summed E-state index contributed by atoms with van der Waals surface area (Å²) in [4.78, 5) is 36.6. The van der Waals surface area contributed by atoms with E-state index >= 15 is 0 Å². The molecule has 0 fully saturated rings. The van der Waals surface area contributed by atoms with E-state index in [0.29, 0.717) is 17.1 Å². The lowest BCUT2D eigenvalue weighted by molar-refractivity contribution is -0.120. The molecule has 0 bridgehead atoms. The van der Waals surface area contributed by atoms with E-state index in [1.54, 1.807) is 48.5 Å². The highest BCUT2D eigenvalue weighted by Crippen LogP contribution is 2.16. The lowest BCUT2D eigenvalue weighted by Crippen LogP contribution is -2.48. The second kappa shape index (κ2) is 10.8. The van der Waals surface area contributed by atoms with E-state index in [1.165, 1.54) is 7.11 Å². The summed E-state index contributed by atoms with van der Waals surface area (Å²) in [7, 11) is 1.43. The lowest BCUT2D eigenvalue weighted by Gasteiger charge is -2.22. The first-order chi connectivity index (χ1) is 13.9. The minimum atomic E-state index is -0.745. The second-order valence-electron chi connectivity index (χ2n) is 6.74. The molecule has 2 aromatic rings. The monoisotopic (exact) mass is 398 g/mol. The van der Waals surface area contributed by atoms with Crippen molar-refractivity contribution >= 4 is 34.9 Å². The van der Waals surface area contributed by atoms with Crippen molar-refractivity contribution in [3.63, 3.8) is 0 Å². The van der Waals surface area contributed by atoms with E-state index in [9.17, 15) is 14.4 Å². The molecule has 0 spiro atoms. The quantitative estimate of drug-likeness (QED) is 0.548. The van der Waals surface area contributed by atoms with Crippen LogP contribution in [0.25, 0.3) is 0 Å². The Labute approximate surface area is 170 Å². The largest absolute Gasteiger partial charge is 0.375 e. The molecule has 0 saturated carbocycles. The fourth-order valence-electron chi connectivity index (χ4n) is 2.59. The number of urea groups is 1. The van der Waals surface area contributed by atoms with Gasteiger partial charge in [-0.3, -0.25) is 9.59 Å². The fourth-order valence-corrected chi connectivity index (χ4v) is 2.59. The molecular formula is C21H26N4O4. The maximum atomic E-state index is 12.7. The molecule has 4 N–H and O–H groups in total. The molecule has 2 rings (SSSR count). The Bertz CT molecular complexity index is 840. The van der Waals surface area contributed by atoms with Crippen molar-refractivity contribution in [1.82, 2.24) is 5.32 Å². The topological polar surface area (TPSA) is 109 Å². The first kappa shape index (κ1) is 21.9. The van der Waals surface area contributed by atoms with Gasteiger partial charge in [0.1, 0.15) is 12.6 Å². The van der Waals surface area contributed by atoms with Crippen molar-refractivity contribution in [2.75, 3.05) is 29.7 Å². The van der Waals surface area contributed by atoms with Crippen LogP contribution in [0.3, 0.4) is 0 Å². The molecule has 0 radical (unpaired) electrons. The molecule has 0 aliphatic carbocycles. The van der Waals surface area contributed by atoms with Crippen molar-refractivity contribution in [3.05, 3.63) is 54.6 Å². The highest BCUT2D eigenvalue weighted by molar-refractivity contribution is 6.00.